The Morgan fingerprint density at radius 2 is 1.77 bits per heavy atom. The summed E-state index contributed by atoms with van der Waals surface area (Å²) in [5.74, 6) is -0.0747. The maximum Gasteiger partial charge on any atom is 0.184 e. The molecule has 1 aliphatic rings. The highest BCUT2D eigenvalue weighted by Crippen LogP contribution is 2.43. The van der Waals surface area contributed by atoms with Crippen LogP contribution in [0.3, 0.4) is 0 Å². The molecule has 1 aliphatic heterocycles. The SMILES string of the molecule is CCC(C)c1cc(OC(C)C)cc(S(=O)(=O)C2(C)CCOC(c3ccc(S(C)(=O)=O)cc3F)C2)c1. The van der Waals surface area contributed by atoms with E-state index in [4.69, 9.17) is 9.47 Å². The zero-order chi connectivity index (χ0) is 26.2. The molecule has 2 aromatic rings. The van der Waals surface area contributed by atoms with Gasteiger partial charge in [0.15, 0.2) is 19.7 Å². The predicted octanol–water partition coefficient (Wildman–Crippen LogP) is 5.61. The Morgan fingerprint density at radius 1 is 1.09 bits per heavy atom. The van der Waals surface area contributed by atoms with Crippen molar-refractivity contribution < 1.29 is 30.7 Å². The van der Waals surface area contributed by atoms with Gasteiger partial charge in [-0.25, -0.2) is 21.2 Å². The molecule has 0 amide bonds. The third kappa shape index (κ3) is 5.89. The molecule has 0 saturated carbocycles. The molecular weight excluding hydrogens is 491 g/mol. The first kappa shape index (κ1) is 27.6. The number of ether oxygens (including phenoxy) is 2. The molecule has 194 valence electrons. The lowest BCUT2D eigenvalue weighted by molar-refractivity contribution is -0.00168. The summed E-state index contributed by atoms with van der Waals surface area (Å²) in [7, 11) is -7.42. The Morgan fingerprint density at radius 3 is 2.34 bits per heavy atom. The molecule has 0 spiro atoms. The number of hydrogen-bond acceptors (Lipinski definition) is 6. The van der Waals surface area contributed by atoms with Crippen molar-refractivity contribution in [1.82, 2.24) is 0 Å². The lowest BCUT2D eigenvalue weighted by atomic mass is 9.92. The average molecular weight is 527 g/mol. The van der Waals surface area contributed by atoms with Gasteiger partial charge in [-0.1, -0.05) is 19.9 Å². The average Bonchev–Trinajstić information content (AvgIpc) is 2.77. The highest BCUT2D eigenvalue weighted by atomic mass is 32.2. The number of hydrogen-bond donors (Lipinski definition) is 0. The van der Waals surface area contributed by atoms with E-state index >= 15 is 0 Å². The van der Waals surface area contributed by atoms with Gasteiger partial charge in [0.25, 0.3) is 0 Å². The fraction of sp³-hybridized carbons (Fsp3) is 0.538. The molecule has 35 heavy (non-hydrogen) atoms. The summed E-state index contributed by atoms with van der Waals surface area (Å²) in [5.41, 5.74) is 1.04. The van der Waals surface area contributed by atoms with Crippen LogP contribution in [-0.2, 0) is 24.4 Å². The second kappa shape index (κ2) is 10.2. The zero-order valence-corrected chi connectivity index (χ0v) is 22.8. The van der Waals surface area contributed by atoms with Crippen molar-refractivity contribution >= 4 is 19.7 Å². The van der Waals surface area contributed by atoms with E-state index in [1.807, 2.05) is 33.8 Å². The number of benzene rings is 2. The summed E-state index contributed by atoms with van der Waals surface area (Å²) in [4.78, 5) is 0.0477. The Hall–Kier alpha value is -1.97. The molecule has 1 fully saturated rings. The summed E-state index contributed by atoms with van der Waals surface area (Å²) in [6, 6.07) is 8.82. The van der Waals surface area contributed by atoms with E-state index in [0.717, 1.165) is 24.3 Å². The van der Waals surface area contributed by atoms with E-state index in [9.17, 15) is 21.2 Å². The molecule has 2 aromatic carbocycles. The molecule has 0 aromatic heterocycles. The second-order valence-electron chi connectivity index (χ2n) is 9.94. The van der Waals surface area contributed by atoms with Crippen LogP contribution in [0.1, 0.15) is 77.0 Å². The van der Waals surface area contributed by atoms with Crippen LogP contribution in [0.4, 0.5) is 4.39 Å². The largest absolute Gasteiger partial charge is 0.491 e. The van der Waals surface area contributed by atoms with Crippen LogP contribution in [0.2, 0.25) is 0 Å². The lowest BCUT2D eigenvalue weighted by Crippen LogP contribution is -2.42. The van der Waals surface area contributed by atoms with Crippen molar-refractivity contribution in [2.45, 2.75) is 86.5 Å². The lowest BCUT2D eigenvalue weighted by Gasteiger charge is -2.38. The third-order valence-electron chi connectivity index (χ3n) is 6.73. The van der Waals surface area contributed by atoms with E-state index < -0.39 is 36.3 Å². The fourth-order valence-corrected chi connectivity index (χ4v) is 6.79. The number of halogens is 1. The quantitative estimate of drug-likeness (QED) is 0.444. The molecule has 1 heterocycles. The fourth-order valence-electron chi connectivity index (χ4n) is 4.31. The Bertz CT molecular complexity index is 1290. The Kier molecular flexibility index (Phi) is 8.04. The molecule has 3 rings (SSSR count). The van der Waals surface area contributed by atoms with Crippen LogP contribution in [0, 0.1) is 5.82 Å². The number of rotatable bonds is 8. The van der Waals surface area contributed by atoms with Crippen molar-refractivity contribution in [1.29, 1.82) is 0 Å². The second-order valence-corrected chi connectivity index (χ2v) is 14.4. The van der Waals surface area contributed by atoms with Crippen LogP contribution < -0.4 is 4.74 Å². The van der Waals surface area contributed by atoms with Gasteiger partial charge in [0.1, 0.15) is 11.6 Å². The molecule has 0 N–H and O–H groups in total. The maximum absolute atomic E-state index is 14.9. The van der Waals surface area contributed by atoms with Crippen LogP contribution in [0.5, 0.6) is 5.75 Å². The molecule has 0 radical (unpaired) electrons. The smallest absolute Gasteiger partial charge is 0.184 e. The molecule has 0 aliphatic carbocycles. The van der Waals surface area contributed by atoms with Gasteiger partial charge in [-0.05, 0) is 81.8 Å². The van der Waals surface area contributed by atoms with E-state index in [1.54, 1.807) is 19.1 Å². The van der Waals surface area contributed by atoms with Gasteiger partial charge >= 0.3 is 0 Å². The summed E-state index contributed by atoms with van der Waals surface area (Å²) in [5, 5.41) is 0. The van der Waals surface area contributed by atoms with E-state index in [2.05, 4.69) is 0 Å². The predicted molar refractivity (Wildman–Crippen MR) is 134 cm³/mol. The van der Waals surface area contributed by atoms with Crippen LogP contribution in [0.15, 0.2) is 46.2 Å². The number of sulfone groups is 2. The van der Waals surface area contributed by atoms with Gasteiger partial charge < -0.3 is 9.47 Å². The van der Waals surface area contributed by atoms with Crippen LogP contribution >= 0.6 is 0 Å². The first-order valence-corrected chi connectivity index (χ1v) is 15.2. The Labute approximate surface area is 208 Å². The third-order valence-corrected chi connectivity index (χ3v) is 10.4. The van der Waals surface area contributed by atoms with Crippen LogP contribution in [-0.4, -0.2) is 40.5 Å². The van der Waals surface area contributed by atoms with Gasteiger partial charge in [0.2, 0.25) is 0 Å². The monoisotopic (exact) mass is 526 g/mol. The molecule has 6 nitrogen and oxygen atoms in total. The van der Waals surface area contributed by atoms with Crippen molar-refractivity contribution in [3.05, 3.63) is 53.3 Å². The van der Waals surface area contributed by atoms with Gasteiger partial charge in [-0.3, -0.25) is 0 Å². The van der Waals surface area contributed by atoms with Crippen molar-refractivity contribution in [3.8, 4) is 5.75 Å². The van der Waals surface area contributed by atoms with Crippen LogP contribution in [0.25, 0.3) is 0 Å². The van der Waals surface area contributed by atoms with Gasteiger partial charge in [0, 0.05) is 18.4 Å². The molecule has 9 heteroatoms. The van der Waals surface area contributed by atoms with E-state index in [1.165, 1.54) is 12.1 Å². The minimum absolute atomic E-state index is 0.0401. The summed E-state index contributed by atoms with van der Waals surface area (Å²) in [6.07, 6.45) is 1.22. The molecule has 0 bridgehead atoms. The highest BCUT2D eigenvalue weighted by molar-refractivity contribution is 7.92. The van der Waals surface area contributed by atoms with Crippen molar-refractivity contribution in [3.63, 3.8) is 0 Å². The normalized spacial score (nSPS) is 22.2. The highest BCUT2D eigenvalue weighted by Gasteiger charge is 2.46. The first-order valence-electron chi connectivity index (χ1n) is 11.9. The summed E-state index contributed by atoms with van der Waals surface area (Å²) >= 11 is 0. The van der Waals surface area contributed by atoms with Gasteiger partial charge in [0.05, 0.1) is 26.7 Å². The standard InChI is InChI=1S/C26H35FO6S2/c1-7-18(4)19-12-20(33-17(2)3)14-22(13-19)35(30,31)26(5)10-11-32-25(16-26)23-9-8-21(15-24(23)27)34(6,28)29/h8-9,12-15,17-18,25H,7,10-11,16H2,1-6H3. The van der Waals surface area contributed by atoms with Gasteiger partial charge in [-0.15, -0.1) is 0 Å². The molecule has 1 saturated heterocycles. The summed E-state index contributed by atoms with van der Waals surface area (Å²) in [6.45, 7) is 9.66. The van der Waals surface area contributed by atoms with E-state index in [-0.39, 0.29) is 46.8 Å². The van der Waals surface area contributed by atoms with Crippen molar-refractivity contribution in [2.24, 2.45) is 0 Å². The minimum Gasteiger partial charge on any atom is -0.491 e. The molecule has 3 atom stereocenters. The molecule has 3 unspecified atom stereocenters. The first-order chi connectivity index (χ1) is 16.2. The van der Waals surface area contributed by atoms with Gasteiger partial charge in [-0.2, -0.15) is 0 Å². The maximum atomic E-state index is 14.9. The zero-order valence-electron chi connectivity index (χ0n) is 21.2. The minimum atomic E-state index is -3.85. The van der Waals surface area contributed by atoms with E-state index in [0.29, 0.717) is 5.75 Å². The van der Waals surface area contributed by atoms with Crippen molar-refractivity contribution in [2.75, 3.05) is 12.9 Å². The topological polar surface area (TPSA) is 86.7 Å². The Balaban J connectivity index is 2.01. The molecular formula is C26H35FO6S2. The summed E-state index contributed by atoms with van der Waals surface area (Å²) < 4.78 is 76.8.